The van der Waals surface area contributed by atoms with E-state index in [1.807, 2.05) is 0 Å². The summed E-state index contributed by atoms with van der Waals surface area (Å²) in [6.07, 6.45) is 0. The summed E-state index contributed by atoms with van der Waals surface area (Å²) in [4.78, 5) is 9.63. The van der Waals surface area contributed by atoms with Crippen LogP contribution in [0.15, 0.2) is 23.1 Å². The maximum absolute atomic E-state index is 13.0. The van der Waals surface area contributed by atoms with Crippen molar-refractivity contribution in [1.29, 1.82) is 0 Å². The normalized spacial score (nSPS) is 11.1. The summed E-state index contributed by atoms with van der Waals surface area (Å²) in [5.41, 5.74) is 0. The fourth-order valence-corrected chi connectivity index (χ4v) is 2.01. The highest BCUT2D eigenvalue weighted by Crippen LogP contribution is 2.15. The minimum absolute atomic E-state index is 0.501. The van der Waals surface area contributed by atoms with Crippen molar-refractivity contribution in [1.82, 2.24) is 4.72 Å². The Labute approximate surface area is 85.0 Å². The van der Waals surface area contributed by atoms with Gasteiger partial charge in [-0.25, -0.2) is 21.9 Å². The molecule has 0 unspecified atom stereocenters. The third-order valence-corrected chi connectivity index (χ3v) is 2.91. The lowest BCUT2D eigenvalue weighted by Crippen LogP contribution is -2.28. The van der Waals surface area contributed by atoms with Crippen molar-refractivity contribution in [3.05, 3.63) is 29.8 Å². The van der Waals surface area contributed by atoms with Crippen molar-refractivity contribution in [2.24, 2.45) is 0 Å². The largest absolute Gasteiger partial charge is 0.274 e. The van der Waals surface area contributed by atoms with E-state index in [1.54, 1.807) is 0 Å². The Morgan fingerprint density at radius 1 is 1.33 bits per heavy atom. The molecule has 0 aliphatic rings. The molecule has 0 radical (unpaired) electrons. The first-order valence-electron chi connectivity index (χ1n) is 3.81. The van der Waals surface area contributed by atoms with E-state index in [1.165, 1.54) is 4.72 Å². The Morgan fingerprint density at radius 3 is 2.47 bits per heavy atom. The zero-order valence-corrected chi connectivity index (χ0v) is 8.44. The molecule has 0 saturated carbocycles. The number of nitrogens with one attached hydrogen (secondary N) is 1. The molecule has 1 aromatic rings. The predicted molar refractivity (Wildman–Crippen MR) is 47.4 cm³/mol. The maximum Gasteiger partial charge on any atom is 0.267 e. The molecule has 0 saturated heterocycles. The molecule has 82 valence electrons. The number of amides is 1. The number of benzene rings is 1. The zero-order chi connectivity index (χ0) is 11.6. The molecule has 0 bridgehead atoms. The van der Waals surface area contributed by atoms with E-state index in [0.717, 1.165) is 13.0 Å². The van der Waals surface area contributed by atoms with Crippen LogP contribution in [0.2, 0.25) is 0 Å². The van der Waals surface area contributed by atoms with Gasteiger partial charge in [0.05, 0.1) is 0 Å². The van der Waals surface area contributed by atoms with Crippen molar-refractivity contribution in [2.45, 2.75) is 11.8 Å². The van der Waals surface area contributed by atoms with Gasteiger partial charge >= 0.3 is 0 Å². The van der Waals surface area contributed by atoms with Crippen molar-refractivity contribution in [3.63, 3.8) is 0 Å². The van der Waals surface area contributed by atoms with Crippen LogP contribution in [0, 0.1) is 11.6 Å². The fraction of sp³-hybridized carbons (Fsp3) is 0.125. The fourth-order valence-electron chi connectivity index (χ4n) is 0.927. The molecular weight excluding hydrogens is 228 g/mol. The topological polar surface area (TPSA) is 63.2 Å². The van der Waals surface area contributed by atoms with Crippen molar-refractivity contribution < 1.29 is 22.0 Å². The first kappa shape index (κ1) is 11.6. The monoisotopic (exact) mass is 235 g/mol. The molecule has 0 atom stereocenters. The SMILES string of the molecule is CC(=O)NS(=O)(=O)c1cc(F)ccc1F. The smallest absolute Gasteiger partial charge is 0.267 e. The van der Waals surface area contributed by atoms with Gasteiger partial charge in [0.1, 0.15) is 16.5 Å². The van der Waals surface area contributed by atoms with Gasteiger partial charge in [-0.2, -0.15) is 0 Å². The summed E-state index contributed by atoms with van der Waals surface area (Å²) >= 11 is 0. The van der Waals surface area contributed by atoms with E-state index in [-0.39, 0.29) is 0 Å². The highest BCUT2D eigenvalue weighted by molar-refractivity contribution is 7.90. The summed E-state index contributed by atoms with van der Waals surface area (Å²) in [7, 11) is -4.33. The van der Waals surface area contributed by atoms with Crippen LogP contribution >= 0.6 is 0 Å². The molecular formula is C8H7F2NO3S. The summed E-state index contributed by atoms with van der Waals surface area (Å²) in [5.74, 6) is -2.90. The number of carbonyl (C=O) groups excluding carboxylic acids is 1. The lowest BCUT2D eigenvalue weighted by molar-refractivity contribution is -0.117. The molecule has 4 nitrogen and oxygen atoms in total. The van der Waals surface area contributed by atoms with Crippen LogP contribution in [0.5, 0.6) is 0 Å². The Kier molecular flexibility index (Phi) is 3.04. The average molecular weight is 235 g/mol. The molecule has 0 aliphatic heterocycles. The number of sulfonamides is 1. The molecule has 0 spiro atoms. The molecule has 1 amide bonds. The number of halogens is 2. The number of carbonyl (C=O) groups is 1. The molecule has 0 heterocycles. The summed E-state index contributed by atoms with van der Waals surface area (Å²) in [6.45, 7) is 0.953. The third-order valence-electron chi connectivity index (χ3n) is 1.46. The lowest BCUT2D eigenvalue weighted by atomic mass is 10.3. The van der Waals surface area contributed by atoms with E-state index >= 15 is 0 Å². The van der Waals surface area contributed by atoms with Gasteiger partial charge in [-0.1, -0.05) is 0 Å². The molecule has 1 N–H and O–H groups in total. The van der Waals surface area contributed by atoms with Crippen molar-refractivity contribution in [2.75, 3.05) is 0 Å². The zero-order valence-electron chi connectivity index (χ0n) is 7.62. The van der Waals surface area contributed by atoms with Crippen molar-refractivity contribution in [3.8, 4) is 0 Å². The van der Waals surface area contributed by atoms with Crippen LogP contribution in [0.1, 0.15) is 6.92 Å². The van der Waals surface area contributed by atoms with Gasteiger partial charge in [0.15, 0.2) is 0 Å². The van der Waals surface area contributed by atoms with Gasteiger partial charge in [-0.3, -0.25) is 4.79 Å². The highest BCUT2D eigenvalue weighted by Gasteiger charge is 2.20. The standard InChI is InChI=1S/C8H7F2NO3S/c1-5(12)11-15(13,14)8-4-6(9)2-3-7(8)10/h2-4H,1H3,(H,11,12). The molecule has 1 rings (SSSR count). The van der Waals surface area contributed by atoms with Crippen LogP contribution < -0.4 is 4.72 Å². The summed E-state index contributed by atoms with van der Waals surface area (Å²) in [5, 5.41) is 0. The quantitative estimate of drug-likeness (QED) is 0.824. The highest BCUT2D eigenvalue weighted by atomic mass is 32.2. The summed E-state index contributed by atoms with van der Waals surface area (Å²) in [6, 6.07) is 1.95. The second kappa shape index (κ2) is 3.93. The summed E-state index contributed by atoms with van der Waals surface area (Å²) < 4.78 is 49.8. The van der Waals surface area contributed by atoms with Gasteiger partial charge in [0.25, 0.3) is 10.0 Å². The van der Waals surface area contributed by atoms with Crippen LogP contribution in [0.25, 0.3) is 0 Å². The molecule has 1 aromatic carbocycles. The Balaban J connectivity index is 3.26. The molecule has 7 heteroatoms. The van der Waals surface area contributed by atoms with Crippen LogP contribution in [0.4, 0.5) is 8.78 Å². The second-order valence-electron chi connectivity index (χ2n) is 2.74. The molecule has 0 fully saturated rings. The van der Waals surface area contributed by atoms with Gasteiger partial charge in [0.2, 0.25) is 5.91 Å². The number of rotatable bonds is 2. The minimum atomic E-state index is -4.33. The van der Waals surface area contributed by atoms with E-state index < -0.39 is 32.5 Å². The molecule has 0 aliphatic carbocycles. The average Bonchev–Trinajstić information content (AvgIpc) is 2.06. The predicted octanol–water partition coefficient (Wildman–Crippen LogP) is 0.790. The first-order chi connectivity index (χ1) is 6.83. The first-order valence-corrected chi connectivity index (χ1v) is 5.29. The van der Waals surface area contributed by atoms with Gasteiger partial charge < -0.3 is 0 Å². The van der Waals surface area contributed by atoms with Gasteiger partial charge in [-0.05, 0) is 18.2 Å². The number of hydrogen-bond donors (Lipinski definition) is 1. The van der Waals surface area contributed by atoms with E-state index in [9.17, 15) is 22.0 Å². The molecule has 15 heavy (non-hydrogen) atoms. The minimum Gasteiger partial charge on any atom is -0.274 e. The number of hydrogen-bond acceptors (Lipinski definition) is 3. The van der Waals surface area contributed by atoms with E-state index in [0.29, 0.717) is 12.1 Å². The molecule has 0 aromatic heterocycles. The van der Waals surface area contributed by atoms with Crippen molar-refractivity contribution >= 4 is 15.9 Å². The second-order valence-corrected chi connectivity index (χ2v) is 4.39. The van der Waals surface area contributed by atoms with Gasteiger partial charge in [0, 0.05) is 6.92 Å². The van der Waals surface area contributed by atoms with Crippen LogP contribution in [-0.2, 0) is 14.8 Å². The maximum atomic E-state index is 13.0. The van der Waals surface area contributed by atoms with Crippen LogP contribution in [0.3, 0.4) is 0 Å². The Hall–Kier alpha value is -1.50. The Morgan fingerprint density at radius 2 is 1.93 bits per heavy atom. The lowest BCUT2D eigenvalue weighted by Gasteiger charge is -2.05. The Bertz CT molecular complexity index is 499. The third kappa shape index (κ3) is 2.72. The van der Waals surface area contributed by atoms with Crippen LogP contribution in [-0.4, -0.2) is 14.3 Å². The van der Waals surface area contributed by atoms with E-state index in [2.05, 4.69) is 0 Å². The van der Waals surface area contributed by atoms with Gasteiger partial charge in [-0.15, -0.1) is 0 Å². The van der Waals surface area contributed by atoms with E-state index in [4.69, 9.17) is 0 Å².